The number of carbonyl (C=O) groups excluding carboxylic acids is 1. The fourth-order valence-electron chi connectivity index (χ4n) is 1.05. The summed E-state index contributed by atoms with van der Waals surface area (Å²) in [7, 11) is 0. The predicted octanol–water partition coefficient (Wildman–Crippen LogP) is 2.93. The minimum absolute atomic E-state index is 0.567. The number of aliphatic carboxylic acids is 1. The Kier molecular flexibility index (Phi) is 3.83. The molecule has 7 heteroatoms. The molecule has 1 N–H and O–H groups in total. The number of carbonyl (C=O) groups is 2. The van der Waals surface area contributed by atoms with E-state index in [4.69, 9.17) is 28.3 Å². The second-order valence-electron chi connectivity index (χ2n) is 2.84. The Labute approximate surface area is 98.6 Å². The Balaban J connectivity index is 3.29. The van der Waals surface area contributed by atoms with Crippen molar-refractivity contribution >= 4 is 35.0 Å². The maximum atomic E-state index is 13.2. The Morgan fingerprint density at radius 3 is 2.38 bits per heavy atom. The van der Waals surface area contributed by atoms with E-state index in [0.29, 0.717) is 6.07 Å². The third-order valence-electron chi connectivity index (χ3n) is 1.70. The van der Waals surface area contributed by atoms with Gasteiger partial charge in [0.1, 0.15) is 12.2 Å². The molecule has 0 amide bonds. The third-order valence-corrected chi connectivity index (χ3v) is 2.33. The zero-order chi connectivity index (χ0) is 12.5. The molecule has 0 atom stereocenters. The summed E-state index contributed by atoms with van der Waals surface area (Å²) in [5, 5.41) is 6.96. The Morgan fingerprint density at radius 2 is 1.88 bits per heavy atom. The summed E-state index contributed by atoms with van der Waals surface area (Å²) in [6.45, 7) is 0. The summed E-state index contributed by atoms with van der Waals surface area (Å²) >= 11 is 10.6. The number of ketones is 1. The fraction of sp³-hybridized carbons (Fsp3) is 0.111. The predicted molar refractivity (Wildman–Crippen MR) is 53.0 cm³/mol. The summed E-state index contributed by atoms with van der Waals surface area (Å²) in [4.78, 5) is 21.5. The zero-order valence-electron chi connectivity index (χ0n) is 7.56. The minimum atomic E-state index is -1.46. The molecular weight excluding hydrogens is 265 g/mol. The van der Waals surface area contributed by atoms with Gasteiger partial charge in [-0.3, -0.25) is 9.59 Å². The fourth-order valence-corrected chi connectivity index (χ4v) is 1.58. The van der Waals surface area contributed by atoms with Gasteiger partial charge in [0.2, 0.25) is 0 Å². The molecule has 0 aliphatic heterocycles. The number of hydrogen-bond donors (Lipinski definition) is 1. The lowest BCUT2D eigenvalue weighted by Gasteiger charge is -2.05. The topological polar surface area (TPSA) is 54.4 Å². The summed E-state index contributed by atoms with van der Waals surface area (Å²) in [6, 6.07) is 0.567. The van der Waals surface area contributed by atoms with Crippen LogP contribution in [0.3, 0.4) is 0 Å². The van der Waals surface area contributed by atoms with Crippen molar-refractivity contribution < 1.29 is 23.5 Å². The van der Waals surface area contributed by atoms with E-state index < -0.39 is 45.4 Å². The van der Waals surface area contributed by atoms with E-state index in [1.807, 2.05) is 0 Å². The number of carboxylic acids is 1. The maximum absolute atomic E-state index is 13.2. The molecule has 0 aliphatic carbocycles. The maximum Gasteiger partial charge on any atom is 0.311 e. The second kappa shape index (κ2) is 4.76. The van der Waals surface area contributed by atoms with Gasteiger partial charge in [0.15, 0.2) is 11.6 Å². The van der Waals surface area contributed by atoms with Crippen LogP contribution in [0.25, 0.3) is 0 Å². The summed E-state index contributed by atoms with van der Waals surface area (Å²) in [6.07, 6.45) is -0.974. The molecule has 0 spiro atoms. The molecule has 86 valence electrons. The highest BCUT2D eigenvalue weighted by molar-refractivity contribution is 6.37. The molecule has 3 nitrogen and oxygen atoms in total. The highest BCUT2D eigenvalue weighted by Gasteiger charge is 2.23. The van der Waals surface area contributed by atoms with Crippen molar-refractivity contribution in [3.8, 4) is 0 Å². The number of benzene rings is 1. The van der Waals surface area contributed by atoms with Gasteiger partial charge in [0.25, 0.3) is 0 Å². The number of Topliss-reactive ketones (excluding diaryl/α,β-unsaturated/α-hetero) is 1. The van der Waals surface area contributed by atoms with Gasteiger partial charge in [-0.1, -0.05) is 23.2 Å². The molecule has 0 bridgehead atoms. The quantitative estimate of drug-likeness (QED) is 0.397. The van der Waals surface area contributed by atoms with Crippen molar-refractivity contribution in [1.82, 2.24) is 0 Å². The first-order valence-electron chi connectivity index (χ1n) is 3.92. The lowest BCUT2D eigenvalue weighted by atomic mass is 10.1. The molecule has 1 aromatic rings. The van der Waals surface area contributed by atoms with E-state index in [1.165, 1.54) is 0 Å². The Hall–Kier alpha value is -1.20. The van der Waals surface area contributed by atoms with Crippen molar-refractivity contribution in [2.45, 2.75) is 6.42 Å². The smallest absolute Gasteiger partial charge is 0.311 e. The number of rotatable bonds is 3. The minimum Gasteiger partial charge on any atom is -0.481 e. The van der Waals surface area contributed by atoms with Crippen molar-refractivity contribution in [2.24, 2.45) is 0 Å². The molecule has 0 heterocycles. The van der Waals surface area contributed by atoms with E-state index in [0.717, 1.165) is 0 Å². The molecule has 1 rings (SSSR count). The summed E-state index contributed by atoms with van der Waals surface area (Å²) in [5.41, 5.74) is -0.800. The van der Waals surface area contributed by atoms with E-state index in [9.17, 15) is 18.4 Å². The van der Waals surface area contributed by atoms with Crippen LogP contribution in [0.2, 0.25) is 10.0 Å². The average Bonchev–Trinajstić information content (AvgIpc) is 2.13. The van der Waals surface area contributed by atoms with Crippen LogP contribution in [0.15, 0.2) is 6.07 Å². The molecule has 0 aromatic heterocycles. The second-order valence-corrected chi connectivity index (χ2v) is 3.62. The summed E-state index contributed by atoms with van der Waals surface area (Å²) < 4.78 is 26.4. The molecule has 0 unspecified atom stereocenters. The molecule has 0 fully saturated rings. The van der Waals surface area contributed by atoms with Crippen molar-refractivity contribution in [2.75, 3.05) is 0 Å². The van der Waals surface area contributed by atoms with Gasteiger partial charge in [-0.2, -0.15) is 0 Å². The first kappa shape index (κ1) is 12.9. The highest BCUT2D eigenvalue weighted by Crippen LogP contribution is 2.29. The molecule has 0 saturated carbocycles. The first-order valence-corrected chi connectivity index (χ1v) is 4.68. The number of halogens is 4. The summed E-state index contributed by atoms with van der Waals surface area (Å²) in [5.74, 6) is -4.89. The zero-order valence-corrected chi connectivity index (χ0v) is 9.07. The van der Waals surface area contributed by atoms with Gasteiger partial charge in [-0.05, 0) is 6.07 Å². The first-order chi connectivity index (χ1) is 7.34. The van der Waals surface area contributed by atoms with Crippen molar-refractivity contribution in [3.05, 3.63) is 33.3 Å². The van der Waals surface area contributed by atoms with Crippen LogP contribution in [0.1, 0.15) is 16.8 Å². The normalized spacial score (nSPS) is 10.2. The van der Waals surface area contributed by atoms with Gasteiger partial charge in [-0.25, -0.2) is 8.78 Å². The van der Waals surface area contributed by atoms with Crippen LogP contribution in [0, 0.1) is 11.6 Å². The average molecular weight is 269 g/mol. The van der Waals surface area contributed by atoms with Gasteiger partial charge < -0.3 is 5.11 Å². The molecule has 1 aromatic carbocycles. The number of hydrogen-bond acceptors (Lipinski definition) is 2. The third kappa shape index (κ3) is 2.48. The van der Waals surface area contributed by atoms with E-state index in [-0.39, 0.29) is 0 Å². The van der Waals surface area contributed by atoms with Crippen LogP contribution < -0.4 is 0 Å². The van der Waals surface area contributed by atoms with Gasteiger partial charge >= 0.3 is 5.97 Å². The molecule has 0 aliphatic rings. The lowest BCUT2D eigenvalue weighted by Crippen LogP contribution is -2.10. The van der Waals surface area contributed by atoms with Gasteiger partial charge in [-0.15, -0.1) is 0 Å². The molecule has 0 radical (unpaired) electrons. The SMILES string of the molecule is O=C(O)CC(=O)c1c(F)cc(Cl)c(F)c1Cl. The number of carboxylic acid groups (broad SMARTS) is 1. The standard InChI is InChI=1S/C9H4Cl2F2O3/c10-3-1-4(12)7(8(11)9(3)13)5(14)2-6(15)16/h1H,2H2,(H,15,16). The van der Waals surface area contributed by atoms with Crippen LogP contribution >= 0.6 is 23.2 Å². The van der Waals surface area contributed by atoms with E-state index >= 15 is 0 Å². The van der Waals surface area contributed by atoms with Gasteiger partial charge in [0, 0.05) is 0 Å². The van der Waals surface area contributed by atoms with Crippen molar-refractivity contribution in [1.29, 1.82) is 0 Å². The lowest BCUT2D eigenvalue weighted by molar-refractivity contribution is -0.135. The Bertz CT molecular complexity index is 474. The van der Waals surface area contributed by atoms with Crippen LogP contribution in [0.4, 0.5) is 8.78 Å². The highest BCUT2D eigenvalue weighted by atomic mass is 35.5. The Morgan fingerprint density at radius 1 is 1.31 bits per heavy atom. The van der Waals surface area contributed by atoms with Crippen LogP contribution in [0.5, 0.6) is 0 Å². The monoisotopic (exact) mass is 268 g/mol. The van der Waals surface area contributed by atoms with E-state index in [2.05, 4.69) is 0 Å². The molecule has 16 heavy (non-hydrogen) atoms. The van der Waals surface area contributed by atoms with Gasteiger partial charge in [0.05, 0.1) is 15.6 Å². The molecule has 0 saturated heterocycles. The van der Waals surface area contributed by atoms with Crippen molar-refractivity contribution in [3.63, 3.8) is 0 Å². The van der Waals surface area contributed by atoms with Crippen LogP contribution in [-0.4, -0.2) is 16.9 Å². The van der Waals surface area contributed by atoms with E-state index in [1.54, 1.807) is 0 Å². The van der Waals surface area contributed by atoms with Crippen LogP contribution in [-0.2, 0) is 4.79 Å². The largest absolute Gasteiger partial charge is 0.481 e. The molecular formula is C9H4Cl2F2O3.